The molecular weight excluding hydrogens is 244 g/mol. The lowest BCUT2D eigenvalue weighted by atomic mass is 10.1. The van der Waals surface area contributed by atoms with Crippen molar-refractivity contribution in [3.05, 3.63) is 16.7 Å². The number of halogens is 1. The van der Waals surface area contributed by atoms with Crippen molar-refractivity contribution in [1.29, 1.82) is 0 Å². The summed E-state index contributed by atoms with van der Waals surface area (Å²) in [5.41, 5.74) is 0.681. The second kappa shape index (κ2) is 5.98. The lowest BCUT2D eigenvalue weighted by Gasteiger charge is -2.17. The molecule has 0 saturated carbocycles. The van der Waals surface area contributed by atoms with Gasteiger partial charge in [0.15, 0.2) is 11.5 Å². The molecule has 1 atom stereocenters. The Morgan fingerprint density at radius 1 is 1.18 bits per heavy atom. The molecule has 4 nitrogen and oxygen atoms in total. The Kier molecular flexibility index (Phi) is 4.90. The summed E-state index contributed by atoms with van der Waals surface area (Å²) in [4.78, 5) is 0. The van der Waals surface area contributed by atoms with Gasteiger partial charge in [-0.3, -0.25) is 0 Å². The third kappa shape index (κ3) is 2.96. The minimum atomic E-state index is -0.529. The molecule has 0 aliphatic heterocycles. The number of aliphatic hydroxyl groups is 1. The minimum Gasteiger partial charge on any atom is -0.495 e. The molecule has 0 saturated heterocycles. The Labute approximate surface area is 106 Å². The number of benzene rings is 1. The summed E-state index contributed by atoms with van der Waals surface area (Å²) in [5.74, 6) is 1.56. The normalized spacial score (nSPS) is 12.1. The van der Waals surface area contributed by atoms with Crippen molar-refractivity contribution in [3.63, 3.8) is 0 Å². The van der Waals surface area contributed by atoms with E-state index < -0.39 is 6.10 Å². The van der Waals surface area contributed by atoms with Crippen molar-refractivity contribution in [3.8, 4) is 17.2 Å². The highest BCUT2D eigenvalue weighted by atomic mass is 35.5. The van der Waals surface area contributed by atoms with Gasteiger partial charge in [-0.1, -0.05) is 11.6 Å². The standard InChI is InChI=1S/C12H17ClO4/c1-7(14)5-8-11(13)9(15-2)6-10(16-3)12(8)17-4/h6-7,14H,5H2,1-4H3. The summed E-state index contributed by atoms with van der Waals surface area (Å²) in [7, 11) is 4.60. The van der Waals surface area contributed by atoms with E-state index >= 15 is 0 Å². The second-order valence-corrected chi connectivity index (χ2v) is 4.04. The van der Waals surface area contributed by atoms with E-state index in [0.717, 1.165) is 0 Å². The molecule has 1 rings (SSSR count). The lowest BCUT2D eigenvalue weighted by Crippen LogP contribution is -2.08. The van der Waals surface area contributed by atoms with Crippen molar-refractivity contribution in [2.45, 2.75) is 19.4 Å². The third-order valence-corrected chi connectivity index (χ3v) is 2.80. The summed E-state index contributed by atoms with van der Waals surface area (Å²) >= 11 is 6.19. The zero-order valence-electron chi connectivity index (χ0n) is 10.4. The topological polar surface area (TPSA) is 47.9 Å². The van der Waals surface area contributed by atoms with Gasteiger partial charge >= 0.3 is 0 Å². The molecule has 1 N–H and O–H groups in total. The first-order valence-electron chi connectivity index (χ1n) is 5.20. The van der Waals surface area contributed by atoms with Gasteiger partial charge in [0.1, 0.15) is 5.75 Å². The van der Waals surface area contributed by atoms with Gasteiger partial charge in [-0.05, 0) is 6.92 Å². The highest BCUT2D eigenvalue weighted by Crippen LogP contribution is 2.42. The van der Waals surface area contributed by atoms with Crippen LogP contribution in [0.2, 0.25) is 5.02 Å². The van der Waals surface area contributed by atoms with Gasteiger partial charge in [0.05, 0.1) is 32.5 Å². The Balaban J connectivity index is 3.38. The van der Waals surface area contributed by atoms with Crippen LogP contribution in [0.1, 0.15) is 12.5 Å². The van der Waals surface area contributed by atoms with Gasteiger partial charge in [-0.2, -0.15) is 0 Å². The van der Waals surface area contributed by atoms with Gasteiger partial charge < -0.3 is 19.3 Å². The van der Waals surface area contributed by atoms with Crippen molar-refractivity contribution in [1.82, 2.24) is 0 Å². The molecule has 1 aromatic rings. The maximum absolute atomic E-state index is 9.48. The van der Waals surface area contributed by atoms with E-state index in [9.17, 15) is 5.11 Å². The van der Waals surface area contributed by atoms with E-state index in [-0.39, 0.29) is 0 Å². The average Bonchev–Trinajstić information content (AvgIpc) is 2.30. The van der Waals surface area contributed by atoms with E-state index in [1.54, 1.807) is 13.0 Å². The fraction of sp³-hybridized carbons (Fsp3) is 0.500. The van der Waals surface area contributed by atoms with Crippen LogP contribution in [0.5, 0.6) is 17.2 Å². The molecule has 0 aliphatic carbocycles. The van der Waals surface area contributed by atoms with Crippen molar-refractivity contribution < 1.29 is 19.3 Å². The van der Waals surface area contributed by atoms with Crippen LogP contribution in [-0.4, -0.2) is 32.5 Å². The Morgan fingerprint density at radius 2 is 1.76 bits per heavy atom. The Hall–Kier alpha value is -1.13. The van der Waals surface area contributed by atoms with Gasteiger partial charge in [0.25, 0.3) is 0 Å². The number of hydrogen-bond donors (Lipinski definition) is 1. The summed E-state index contributed by atoms with van der Waals surface area (Å²) in [6, 6.07) is 1.66. The summed E-state index contributed by atoms with van der Waals surface area (Å²) in [5, 5.41) is 9.92. The fourth-order valence-corrected chi connectivity index (χ4v) is 1.94. The number of aliphatic hydroxyl groups excluding tert-OH is 1. The van der Waals surface area contributed by atoms with Crippen LogP contribution in [0.25, 0.3) is 0 Å². The quantitative estimate of drug-likeness (QED) is 0.883. The zero-order chi connectivity index (χ0) is 13.0. The molecule has 0 bridgehead atoms. The van der Waals surface area contributed by atoms with E-state index in [4.69, 9.17) is 25.8 Å². The SMILES string of the molecule is COc1cc(OC)c(OC)c(CC(C)O)c1Cl. The second-order valence-electron chi connectivity index (χ2n) is 3.66. The Morgan fingerprint density at radius 3 is 2.18 bits per heavy atom. The molecule has 96 valence electrons. The van der Waals surface area contributed by atoms with Crippen molar-refractivity contribution in [2.75, 3.05) is 21.3 Å². The third-order valence-electron chi connectivity index (χ3n) is 2.38. The smallest absolute Gasteiger partial charge is 0.165 e. The molecule has 17 heavy (non-hydrogen) atoms. The van der Waals surface area contributed by atoms with Gasteiger partial charge in [0.2, 0.25) is 0 Å². The molecule has 1 unspecified atom stereocenters. The first-order valence-corrected chi connectivity index (χ1v) is 5.58. The molecule has 0 spiro atoms. The molecule has 0 amide bonds. The summed E-state index contributed by atoms with van der Waals surface area (Å²) < 4.78 is 15.6. The van der Waals surface area contributed by atoms with Crippen LogP contribution < -0.4 is 14.2 Å². The molecular formula is C12H17ClO4. The number of rotatable bonds is 5. The van der Waals surface area contributed by atoms with Crippen LogP contribution in [0.15, 0.2) is 6.07 Å². The fourth-order valence-electron chi connectivity index (χ4n) is 1.65. The zero-order valence-corrected chi connectivity index (χ0v) is 11.2. The van der Waals surface area contributed by atoms with E-state index in [1.165, 1.54) is 21.3 Å². The maximum Gasteiger partial charge on any atom is 0.165 e. The first-order chi connectivity index (χ1) is 8.04. The van der Waals surface area contributed by atoms with E-state index in [2.05, 4.69) is 0 Å². The number of hydrogen-bond acceptors (Lipinski definition) is 4. The van der Waals surface area contributed by atoms with Crippen molar-refractivity contribution in [2.24, 2.45) is 0 Å². The van der Waals surface area contributed by atoms with E-state index in [0.29, 0.717) is 34.3 Å². The van der Waals surface area contributed by atoms with Gasteiger partial charge in [-0.15, -0.1) is 0 Å². The monoisotopic (exact) mass is 260 g/mol. The highest BCUT2D eigenvalue weighted by molar-refractivity contribution is 6.33. The van der Waals surface area contributed by atoms with Crippen LogP contribution in [0.4, 0.5) is 0 Å². The Bertz CT molecular complexity index is 391. The molecule has 0 aliphatic rings. The largest absolute Gasteiger partial charge is 0.495 e. The van der Waals surface area contributed by atoms with Crippen molar-refractivity contribution >= 4 is 11.6 Å². The van der Waals surface area contributed by atoms with Gasteiger partial charge in [0, 0.05) is 18.1 Å². The number of methoxy groups -OCH3 is 3. The first kappa shape index (κ1) is 13.9. The average molecular weight is 261 g/mol. The van der Waals surface area contributed by atoms with Gasteiger partial charge in [-0.25, -0.2) is 0 Å². The summed E-state index contributed by atoms with van der Waals surface area (Å²) in [6.45, 7) is 1.68. The predicted molar refractivity (Wildman–Crippen MR) is 66.5 cm³/mol. The summed E-state index contributed by atoms with van der Waals surface area (Å²) in [6.07, 6.45) is -0.159. The molecule has 5 heteroatoms. The highest BCUT2D eigenvalue weighted by Gasteiger charge is 2.20. The molecule has 0 heterocycles. The molecule has 0 aromatic heterocycles. The maximum atomic E-state index is 9.48. The lowest BCUT2D eigenvalue weighted by molar-refractivity contribution is 0.193. The molecule has 1 aromatic carbocycles. The van der Waals surface area contributed by atoms with Crippen LogP contribution in [-0.2, 0) is 6.42 Å². The van der Waals surface area contributed by atoms with Crippen LogP contribution >= 0.6 is 11.6 Å². The molecule has 0 radical (unpaired) electrons. The van der Waals surface area contributed by atoms with Crippen LogP contribution in [0, 0.1) is 0 Å². The van der Waals surface area contributed by atoms with E-state index in [1.807, 2.05) is 0 Å². The minimum absolute atomic E-state index is 0.371. The molecule has 0 fully saturated rings. The predicted octanol–water partition coefficient (Wildman–Crippen LogP) is 2.29. The van der Waals surface area contributed by atoms with Crippen LogP contribution in [0.3, 0.4) is 0 Å². The number of ether oxygens (including phenoxy) is 3.